The van der Waals surface area contributed by atoms with Crippen LogP contribution in [0.4, 0.5) is 10.1 Å². The number of halogens is 1. The van der Waals surface area contributed by atoms with Gasteiger partial charge in [-0.25, -0.2) is 4.39 Å². The first-order valence-corrected chi connectivity index (χ1v) is 13.8. The Morgan fingerprint density at radius 1 is 1.08 bits per heavy atom. The molecule has 0 saturated carbocycles. The lowest BCUT2D eigenvalue weighted by Crippen LogP contribution is -2.47. The number of hydrogen-bond donors (Lipinski definition) is 1. The van der Waals surface area contributed by atoms with Gasteiger partial charge in [-0.1, -0.05) is 18.2 Å². The lowest BCUT2D eigenvalue weighted by Gasteiger charge is -2.36. The van der Waals surface area contributed by atoms with Gasteiger partial charge in [-0.3, -0.25) is 9.80 Å². The third-order valence-corrected chi connectivity index (χ3v) is 9.47. The third kappa shape index (κ3) is 3.85. The van der Waals surface area contributed by atoms with E-state index in [0.717, 1.165) is 69.3 Å². The average Bonchev–Trinajstić information content (AvgIpc) is 3.56. The van der Waals surface area contributed by atoms with Crippen LogP contribution in [-0.4, -0.2) is 79.0 Å². The van der Waals surface area contributed by atoms with Gasteiger partial charge >= 0.3 is 0 Å². The van der Waals surface area contributed by atoms with E-state index in [1.807, 2.05) is 24.3 Å². The number of hydrogen-bond acceptors (Lipinski definition) is 6. The Kier molecular flexibility index (Phi) is 5.72. The molecule has 6 nitrogen and oxygen atoms in total. The summed E-state index contributed by atoms with van der Waals surface area (Å²) in [5.41, 5.74) is 3.58. The standard InChI is InChI=1S/C30H36FN3O3/c1-36-26-8-3-20-17-32(14-11-30-10-9-25(35)16-27(30)37-29(26)28(20)30)12-2-13-33-18-24-15-23(33)19-34(24)22-6-4-21(31)5-7-22/h3-10,23-25,27,35H,2,11-19H2,1H3/t23?,24?,25-,27?,30?/m0/s1. The fourth-order valence-corrected chi connectivity index (χ4v) is 7.65. The van der Waals surface area contributed by atoms with Gasteiger partial charge < -0.3 is 19.5 Å². The minimum atomic E-state index is -0.450. The van der Waals surface area contributed by atoms with Gasteiger partial charge in [-0.15, -0.1) is 0 Å². The maximum absolute atomic E-state index is 13.3. The fourth-order valence-electron chi connectivity index (χ4n) is 7.65. The molecule has 1 N–H and O–H groups in total. The molecule has 0 radical (unpaired) electrons. The number of anilines is 1. The fraction of sp³-hybridized carbons (Fsp3) is 0.533. The number of methoxy groups -OCH3 is 1. The van der Waals surface area contributed by atoms with Gasteiger partial charge in [0.05, 0.1) is 18.6 Å². The summed E-state index contributed by atoms with van der Waals surface area (Å²) in [6.45, 7) is 6.28. The van der Waals surface area contributed by atoms with Crippen LogP contribution in [0.2, 0.25) is 0 Å². The summed E-state index contributed by atoms with van der Waals surface area (Å²) in [5.74, 6) is 1.50. The van der Waals surface area contributed by atoms with Crippen LogP contribution >= 0.6 is 0 Å². The van der Waals surface area contributed by atoms with Crippen molar-refractivity contribution < 1.29 is 19.0 Å². The highest BCUT2D eigenvalue weighted by atomic mass is 19.1. The van der Waals surface area contributed by atoms with E-state index in [2.05, 4.69) is 26.8 Å². The number of benzene rings is 2. The zero-order chi connectivity index (χ0) is 25.1. The van der Waals surface area contributed by atoms with E-state index in [4.69, 9.17) is 9.47 Å². The van der Waals surface area contributed by atoms with E-state index in [1.165, 1.54) is 17.5 Å². The van der Waals surface area contributed by atoms with Gasteiger partial charge in [0.15, 0.2) is 11.5 Å². The molecule has 5 aliphatic rings. The molecule has 7 rings (SSSR count). The minimum Gasteiger partial charge on any atom is -0.493 e. The number of aliphatic hydroxyl groups excluding tert-OH is 1. The predicted octanol–water partition coefficient (Wildman–Crippen LogP) is 3.71. The number of piperazine rings is 1. The van der Waals surface area contributed by atoms with Gasteiger partial charge in [0.1, 0.15) is 11.9 Å². The summed E-state index contributed by atoms with van der Waals surface area (Å²) in [6.07, 6.45) is 7.68. The molecule has 196 valence electrons. The van der Waals surface area contributed by atoms with E-state index in [-0.39, 0.29) is 17.3 Å². The second-order valence-electron chi connectivity index (χ2n) is 11.5. The molecule has 0 amide bonds. The summed E-state index contributed by atoms with van der Waals surface area (Å²) < 4.78 is 25.5. The molecule has 2 saturated heterocycles. The maximum atomic E-state index is 13.3. The second-order valence-corrected chi connectivity index (χ2v) is 11.5. The van der Waals surface area contributed by atoms with E-state index < -0.39 is 6.10 Å². The molecule has 37 heavy (non-hydrogen) atoms. The smallest absolute Gasteiger partial charge is 0.166 e. The van der Waals surface area contributed by atoms with Crippen LogP contribution in [0.1, 0.15) is 36.8 Å². The van der Waals surface area contributed by atoms with Crippen molar-refractivity contribution >= 4 is 5.69 Å². The van der Waals surface area contributed by atoms with Crippen LogP contribution in [0.3, 0.4) is 0 Å². The largest absolute Gasteiger partial charge is 0.493 e. The van der Waals surface area contributed by atoms with E-state index in [1.54, 1.807) is 19.2 Å². The van der Waals surface area contributed by atoms with Crippen LogP contribution in [0.5, 0.6) is 11.5 Å². The highest BCUT2D eigenvalue weighted by Gasteiger charge is 2.52. The predicted molar refractivity (Wildman–Crippen MR) is 141 cm³/mol. The topological polar surface area (TPSA) is 48.4 Å². The van der Waals surface area contributed by atoms with E-state index in [9.17, 15) is 9.50 Å². The molecule has 5 atom stereocenters. The molecule has 2 fully saturated rings. The number of rotatable bonds is 6. The summed E-state index contributed by atoms with van der Waals surface area (Å²) in [7, 11) is 1.70. The van der Waals surface area contributed by atoms with Crippen LogP contribution in [-0.2, 0) is 12.0 Å². The lowest BCUT2D eigenvalue weighted by molar-refractivity contribution is 0.0807. The van der Waals surface area contributed by atoms with Crippen LogP contribution in [0, 0.1) is 5.82 Å². The Morgan fingerprint density at radius 3 is 2.73 bits per heavy atom. The van der Waals surface area contributed by atoms with Crippen molar-refractivity contribution in [1.82, 2.24) is 9.80 Å². The quantitative estimate of drug-likeness (QED) is 0.604. The monoisotopic (exact) mass is 505 g/mol. The molecular weight excluding hydrogens is 469 g/mol. The third-order valence-electron chi connectivity index (χ3n) is 9.47. The zero-order valence-electron chi connectivity index (χ0n) is 21.5. The summed E-state index contributed by atoms with van der Waals surface area (Å²) in [6, 6.07) is 12.4. The molecule has 2 aromatic rings. The van der Waals surface area contributed by atoms with Crippen molar-refractivity contribution in [3.8, 4) is 11.5 Å². The molecule has 7 heteroatoms. The van der Waals surface area contributed by atoms with Gasteiger partial charge in [0.25, 0.3) is 0 Å². The first-order valence-electron chi connectivity index (χ1n) is 13.8. The molecule has 0 aromatic heterocycles. The van der Waals surface area contributed by atoms with Gasteiger partial charge in [0, 0.05) is 49.4 Å². The van der Waals surface area contributed by atoms with Gasteiger partial charge in [-0.05, 0) is 74.8 Å². The molecule has 1 aliphatic carbocycles. The summed E-state index contributed by atoms with van der Waals surface area (Å²) >= 11 is 0. The van der Waals surface area contributed by atoms with Gasteiger partial charge in [0.2, 0.25) is 0 Å². The lowest BCUT2D eigenvalue weighted by atomic mass is 9.69. The highest BCUT2D eigenvalue weighted by Crippen LogP contribution is 2.55. The van der Waals surface area contributed by atoms with Crippen LogP contribution < -0.4 is 14.4 Å². The number of fused-ring (bicyclic) bond motifs is 2. The molecule has 2 bridgehead atoms. The second kappa shape index (κ2) is 9.00. The number of aliphatic hydroxyl groups is 1. The Hall–Kier alpha value is -2.61. The SMILES string of the molecule is COc1ccc2c3c1OC1C[C@@H](O)C=CC31CCN(CCCN1CC3CC1CN3c1ccc(F)cc1)C2. The number of ether oxygens (including phenoxy) is 2. The van der Waals surface area contributed by atoms with Crippen molar-refractivity contribution in [1.29, 1.82) is 0 Å². The van der Waals surface area contributed by atoms with Crippen LogP contribution in [0.15, 0.2) is 48.6 Å². The molecule has 4 heterocycles. The number of nitrogens with zero attached hydrogens (tertiary/aromatic N) is 3. The Morgan fingerprint density at radius 2 is 1.95 bits per heavy atom. The number of likely N-dealkylation sites (tertiary alicyclic amines) is 1. The molecule has 4 unspecified atom stereocenters. The van der Waals surface area contributed by atoms with Crippen molar-refractivity contribution in [2.45, 2.75) is 61.9 Å². The normalized spacial score (nSPS) is 32.2. The first kappa shape index (κ1) is 23.5. The summed E-state index contributed by atoms with van der Waals surface area (Å²) in [5, 5.41) is 10.3. The Bertz CT molecular complexity index is 1200. The molecule has 4 aliphatic heterocycles. The summed E-state index contributed by atoms with van der Waals surface area (Å²) in [4.78, 5) is 7.73. The molecular formula is C30H36FN3O3. The Labute approximate surface area is 218 Å². The van der Waals surface area contributed by atoms with Crippen molar-refractivity contribution in [3.63, 3.8) is 0 Å². The van der Waals surface area contributed by atoms with E-state index in [0.29, 0.717) is 18.5 Å². The molecule has 2 aromatic carbocycles. The Balaban J connectivity index is 1.01. The van der Waals surface area contributed by atoms with Crippen molar-refractivity contribution in [3.05, 3.63) is 65.5 Å². The zero-order valence-corrected chi connectivity index (χ0v) is 21.5. The van der Waals surface area contributed by atoms with Crippen molar-refractivity contribution in [2.75, 3.05) is 44.7 Å². The minimum absolute atomic E-state index is 0.0401. The highest BCUT2D eigenvalue weighted by molar-refractivity contribution is 5.61. The first-order chi connectivity index (χ1) is 18.0. The molecule has 1 spiro atoms. The van der Waals surface area contributed by atoms with Crippen LogP contribution in [0.25, 0.3) is 0 Å². The van der Waals surface area contributed by atoms with Crippen molar-refractivity contribution in [2.24, 2.45) is 0 Å². The maximum Gasteiger partial charge on any atom is 0.166 e. The average molecular weight is 506 g/mol. The van der Waals surface area contributed by atoms with E-state index >= 15 is 0 Å². The van der Waals surface area contributed by atoms with Gasteiger partial charge in [-0.2, -0.15) is 0 Å².